The van der Waals surface area contributed by atoms with Crippen molar-refractivity contribution in [3.63, 3.8) is 0 Å². The lowest BCUT2D eigenvalue weighted by Crippen LogP contribution is -2.21. The predicted molar refractivity (Wildman–Crippen MR) is 121 cm³/mol. The largest absolute Gasteiger partial charge is 0.0613 e. The van der Waals surface area contributed by atoms with Crippen molar-refractivity contribution in [3.05, 3.63) is 68.8 Å². The molecule has 0 amide bonds. The molecule has 27 heavy (non-hydrogen) atoms. The van der Waals surface area contributed by atoms with Crippen molar-refractivity contribution in [2.45, 2.75) is 99.3 Å². The molecule has 0 radical (unpaired) electrons. The van der Waals surface area contributed by atoms with E-state index < -0.39 is 0 Å². The Bertz CT molecular complexity index is 661. The number of benzene rings is 2. The third kappa shape index (κ3) is 4.15. The van der Waals surface area contributed by atoms with Crippen LogP contribution in [0.15, 0.2) is 24.3 Å². The summed E-state index contributed by atoms with van der Waals surface area (Å²) in [5, 5.41) is 0. The first kappa shape index (κ1) is 21.7. The Hall–Kier alpha value is -1.56. The molecule has 0 heteroatoms. The molecule has 0 bridgehead atoms. The van der Waals surface area contributed by atoms with E-state index in [1.54, 1.807) is 11.1 Å². The molecule has 0 atom stereocenters. The van der Waals surface area contributed by atoms with Gasteiger partial charge in [-0.25, -0.2) is 0 Å². The summed E-state index contributed by atoms with van der Waals surface area (Å²) in [4.78, 5) is 0. The van der Waals surface area contributed by atoms with Gasteiger partial charge >= 0.3 is 0 Å². The van der Waals surface area contributed by atoms with Crippen LogP contribution in [-0.2, 0) is 43.9 Å². The van der Waals surface area contributed by atoms with E-state index in [1.165, 1.54) is 33.4 Å². The van der Waals surface area contributed by atoms with Gasteiger partial charge in [-0.1, -0.05) is 79.7 Å². The van der Waals surface area contributed by atoms with E-state index in [4.69, 9.17) is 0 Å². The Balaban J connectivity index is 2.68. The molecule has 0 fully saturated rings. The van der Waals surface area contributed by atoms with E-state index >= 15 is 0 Å². The number of aryl methyl sites for hydroxylation is 4. The Morgan fingerprint density at radius 1 is 0.481 bits per heavy atom. The standard InChI is InChI=1S/C27H40/c1-9-19-15-23(16-20(10-2)25(19)13-5)27(7,8)24-17-21(11-3)26(14-6)22(12-4)18-24/h15-18H,9-14H2,1-8H3. The van der Waals surface area contributed by atoms with Gasteiger partial charge in [-0.05, 0) is 83.0 Å². The van der Waals surface area contributed by atoms with Crippen LogP contribution in [0.3, 0.4) is 0 Å². The highest BCUT2D eigenvalue weighted by molar-refractivity contribution is 5.49. The summed E-state index contributed by atoms with van der Waals surface area (Å²) in [7, 11) is 0. The fourth-order valence-corrected chi connectivity index (χ4v) is 4.65. The lowest BCUT2D eigenvalue weighted by molar-refractivity contribution is 0.634. The zero-order chi connectivity index (χ0) is 20.2. The van der Waals surface area contributed by atoms with Gasteiger partial charge < -0.3 is 0 Å². The van der Waals surface area contributed by atoms with Crippen LogP contribution in [0.5, 0.6) is 0 Å². The summed E-state index contributed by atoms with van der Waals surface area (Å²) in [5.74, 6) is 0. The van der Waals surface area contributed by atoms with Crippen molar-refractivity contribution in [1.29, 1.82) is 0 Å². The molecule has 0 aromatic heterocycles. The highest BCUT2D eigenvalue weighted by Gasteiger charge is 2.26. The van der Waals surface area contributed by atoms with Gasteiger partial charge in [-0.3, -0.25) is 0 Å². The lowest BCUT2D eigenvalue weighted by atomic mass is 9.74. The molecule has 0 aliphatic heterocycles. The average Bonchev–Trinajstić information content (AvgIpc) is 2.70. The van der Waals surface area contributed by atoms with Gasteiger partial charge in [-0.2, -0.15) is 0 Å². The summed E-state index contributed by atoms with van der Waals surface area (Å²) in [5.41, 5.74) is 12.3. The molecule has 148 valence electrons. The maximum absolute atomic E-state index is 2.49. The van der Waals surface area contributed by atoms with Crippen LogP contribution in [0, 0.1) is 0 Å². The molecular weight excluding hydrogens is 324 g/mol. The van der Waals surface area contributed by atoms with Crippen LogP contribution in [0.25, 0.3) is 0 Å². The normalized spacial score (nSPS) is 11.9. The Morgan fingerprint density at radius 2 is 0.741 bits per heavy atom. The van der Waals surface area contributed by atoms with Gasteiger partial charge in [-0.15, -0.1) is 0 Å². The van der Waals surface area contributed by atoms with Gasteiger partial charge in [0.25, 0.3) is 0 Å². The van der Waals surface area contributed by atoms with Crippen LogP contribution in [0.4, 0.5) is 0 Å². The van der Waals surface area contributed by atoms with Crippen molar-refractivity contribution in [3.8, 4) is 0 Å². The fraction of sp³-hybridized carbons (Fsp3) is 0.556. The van der Waals surface area contributed by atoms with Crippen LogP contribution >= 0.6 is 0 Å². The molecule has 0 aliphatic rings. The van der Waals surface area contributed by atoms with E-state index in [0.717, 1.165) is 38.5 Å². The molecule has 0 spiro atoms. The van der Waals surface area contributed by atoms with E-state index in [2.05, 4.69) is 79.7 Å². The SMILES string of the molecule is CCc1cc(C(C)(C)c2cc(CC)c(CC)c(CC)c2)cc(CC)c1CC. The second kappa shape index (κ2) is 9.09. The molecular formula is C27H40. The van der Waals surface area contributed by atoms with Crippen molar-refractivity contribution in [2.75, 3.05) is 0 Å². The maximum Gasteiger partial charge on any atom is 0.0146 e. The second-order valence-corrected chi connectivity index (χ2v) is 8.29. The lowest BCUT2D eigenvalue weighted by Gasteiger charge is -2.30. The Morgan fingerprint density at radius 3 is 0.926 bits per heavy atom. The molecule has 0 heterocycles. The van der Waals surface area contributed by atoms with Crippen LogP contribution in [0.1, 0.15) is 99.9 Å². The minimum Gasteiger partial charge on any atom is -0.0613 e. The molecule has 2 aromatic carbocycles. The number of rotatable bonds is 8. The molecule has 0 N–H and O–H groups in total. The molecule has 0 aliphatic carbocycles. The monoisotopic (exact) mass is 364 g/mol. The summed E-state index contributed by atoms with van der Waals surface area (Å²) in [6.45, 7) is 18.6. The predicted octanol–water partition coefficient (Wildman–Crippen LogP) is 7.39. The first-order valence-corrected chi connectivity index (χ1v) is 11.2. The van der Waals surface area contributed by atoms with Crippen molar-refractivity contribution in [2.24, 2.45) is 0 Å². The topological polar surface area (TPSA) is 0 Å². The quantitative estimate of drug-likeness (QED) is 0.458. The smallest absolute Gasteiger partial charge is 0.0146 e. The van der Waals surface area contributed by atoms with E-state index in [1.807, 2.05) is 0 Å². The van der Waals surface area contributed by atoms with Crippen LogP contribution < -0.4 is 0 Å². The second-order valence-electron chi connectivity index (χ2n) is 8.29. The first-order chi connectivity index (χ1) is 12.9. The van der Waals surface area contributed by atoms with Gasteiger partial charge in [0.15, 0.2) is 0 Å². The minimum absolute atomic E-state index is 0.0280. The summed E-state index contributed by atoms with van der Waals surface area (Å²) >= 11 is 0. The van der Waals surface area contributed by atoms with Gasteiger partial charge in [0.2, 0.25) is 0 Å². The maximum atomic E-state index is 2.49. The summed E-state index contributed by atoms with van der Waals surface area (Å²) in [6, 6.07) is 9.96. The van der Waals surface area contributed by atoms with E-state index in [9.17, 15) is 0 Å². The van der Waals surface area contributed by atoms with Gasteiger partial charge in [0.1, 0.15) is 0 Å². The highest BCUT2D eigenvalue weighted by atomic mass is 14.3. The summed E-state index contributed by atoms with van der Waals surface area (Å²) in [6.07, 6.45) is 6.76. The zero-order valence-electron chi connectivity index (χ0n) is 19.1. The van der Waals surface area contributed by atoms with E-state index in [-0.39, 0.29) is 5.41 Å². The third-order valence-corrected chi connectivity index (χ3v) is 6.54. The van der Waals surface area contributed by atoms with Crippen LogP contribution in [-0.4, -0.2) is 0 Å². The highest BCUT2D eigenvalue weighted by Crippen LogP contribution is 2.36. The van der Waals surface area contributed by atoms with Crippen LogP contribution in [0.2, 0.25) is 0 Å². The van der Waals surface area contributed by atoms with Crippen molar-refractivity contribution >= 4 is 0 Å². The third-order valence-electron chi connectivity index (χ3n) is 6.54. The van der Waals surface area contributed by atoms with Gasteiger partial charge in [0.05, 0.1) is 0 Å². The minimum atomic E-state index is 0.0280. The number of hydrogen-bond acceptors (Lipinski definition) is 0. The first-order valence-electron chi connectivity index (χ1n) is 11.2. The van der Waals surface area contributed by atoms with Crippen molar-refractivity contribution < 1.29 is 0 Å². The van der Waals surface area contributed by atoms with Gasteiger partial charge in [0, 0.05) is 5.41 Å². The molecule has 0 saturated carbocycles. The molecule has 0 saturated heterocycles. The Kier molecular flexibility index (Phi) is 7.32. The number of hydrogen-bond donors (Lipinski definition) is 0. The summed E-state index contributed by atoms with van der Waals surface area (Å²) < 4.78 is 0. The fourth-order valence-electron chi connectivity index (χ4n) is 4.65. The molecule has 2 aromatic rings. The molecule has 0 unspecified atom stereocenters. The average molecular weight is 365 g/mol. The molecule has 0 nitrogen and oxygen atoms in total. The zero-order valence-corrected chi connectivity index (χ0v) is 19.1. The molecule has 2 rings (SSSR count). The van der Waals surface area contributed by atoms with E-state index in [0.29, 0.717) is 0 Å². The van der Waals surface area contributed by atoms with Crippen molar-refractivity contribution in [1.82, 2.24) is 0 Å². The Labute approximate surface area is 168 Å².